The van der Waals surface area contributed by atoms with E-state index in [4.69, 9.17) is 9.15 Å². The van der Waals surface area contributed by atoms with Crippen LogP contribution in [0.2, 0.25) is 0 Å². The second kappa shape index (κ2) is 13.9. The number of carbonyl (C=O) groups is 1. The van der Waals surface area contributed by atoms with Gasteiger partial charge >= 0.3 is 0 Å². The Morgan fingerprint density at radius 1 is 1.21 bits per heavy atom. The van der Waals surface area contributed by atoms with Crippen LogP contribution in [0.15, 0.2) is 52.1 Å². The van der Waals surface area contributed by atoms with E-state index in [1.165, 1.54) is 0 Å². The Morgan fingerprint density at radius 2 is 1.97 bits per heavy atom. The van der Waals surface area contributed by atoms with Crippen molar-refractivity contribution < 1.29 is 13.9 Å². The predicted molar refractivity (Wildman–Crippen MR) is 126 cm³/mol. The number of furan rings is 1. The van der Waals surface area contributed by atoms with E-state index in [1.807, 2.05) is 50.2 Å². The normalized spacial score (nSPS) is 11.9. The molecule has 0 fully saturated rings. The summed E-state index contributed by atoms with van der Waals surface area (Å²) in [5.74, 6) is 2.39. The summed E-state index contributed by atoms with van der Waals surface area (Å²) in [6, 6.07) is 11.5. The quantitative estimate of drug-likeness (QED) is 0.195. The number of rotatable bonds is 10. The Morgan fingerprint density at radius 3 is 2.59 bits per heavy atom. The van der Waals surface area contributed by atoms with Gasteiger partial charge in [-0.3, -0.25) is 9.79 Å². The first kappa shape index (κ1) is 24.8. The molecule has 1 aromatic carbocycles. The number of guanidine groups is 1. The van der Waals surface area contributed by atoms with Crippen molar-refractivity contribution >= 4 is 35.8 Å². The monoisotopic (exact) mass is 514 g/mol. The highest BCUT2D eigenvalue weighted by atomic mass is 127. The van der Waals surface area contributed by atoms with Crippen LogP contribution in [0.25, 0.3) is 0 Å². The smallest absolute Gasteiger partial charge is 0.220 e. The lowest BCUT2D eigenvalue weighted by atomic mass is 10.1. The molecule has 0 radical (unpaired) electrons. The van der Waals surface area contributed by atoms with E-state index in [-0.39, 0.29) is 35.9 Å². The number of hydrogen-bond acceptors (Lipinski definition) is 4. The zero-order chi connectivity index (χ0) is 20.2. The van der Waals surface area contributed by atoms with Gasteiger partial charge in [-0.2, -0.15) is 0 Å². The molecule has 0 aliphatic heterocycles. The molecule has 2 aromatic rings. The lowest BCUT2D eigenvalue weighted by Gasteiger charge is -2.15. The standard InChI is InChI=1S/C21H30N4O3.HI/c1-4-27-18-11-9-17(10-12-18)16(2)25-20(26)8-5-13-23-21(22-3)24-15-19-7-6-14-28-19;/h6-7,9-12,14,16H,4-5,8,13,15H2,1-3H3,(H,25,26)(H2,22,23,24);1H. The van der Waals surface area contributed by atoms with Crippen molar-refractivity contribution in [2.75, 3.05) is 20.2 Å². The van der Waals surface area contributed by atoms with E-state index in [9.17, 15) is 4.79 Å². The maximum atomic E-state index is 12.2. The fourth-order valence-corrected chi connectivity index (χ4v) is 2.68. The molecule has 160 valence electrons. The van der Waals surface area contributed by atoms with Crippen LogP contribution in [-0.4, -0.2) is 32.1 Å². The third kappa shape index (κ3) is 9.21. The van der Waals surface area contributed by atoms with Gasteiger partial charge in [-0.15, -0.1) is 24.0 Å². The third-order valence-electron chi connectivity index (χ3n) is 4.18. The highest BCUT2D eigenvalue weighted by molar-refractivity contribution is 14.0. The van der Waals surface area contributed by atoms with Gasteiger partial charge in [-0.05, 0) is 50.1 Å². The molecule has 0 aliphatic rings. The van der Waals surface area contributed by atoms with Crippen LogP contribution < -0.4 is 20.7 Å². The summed E-state index contributed by atoms with van der Waals surface area (Å²) in [6.07, 6.45) is 2.80. The molecule has 0 bridgehead atoms. The van der Waals surface area contributed by atoms with E-state index in [0.29, 0.717) is 38.5 Å². The van der Waals surface area contributed by atoms with Gasteiger partial charge in [0, 0.05) is 20.0 Å². The van der Waals surface area contributed by atoms with Crippen molar-refractivity contribution in [3.05, 3.63) is 54.0 Å². The van der Waals surface area contributed by atoms with Gasteiger partial charge < -0.3 is 25.1 Å². The number of carbonyl (C=O) groups excluding carboxylic acids is 1. The number of nitrogens with one attached hydrogen (secondary N) is 3. The number of ether oxygens (including phenoxy) is 1. The van der Waals surface area contributed by atoms with Crippen LogP contribution in [0.1, 0.15) is 44.1 Å². The zero-order valence-corrected chi connectivity index (χ0v) is 19.6. The van der Waals surface area contributed by atoms with E-state index >= 15 is 0 Å². The van der Waals surface area contributed by atoms with Crippen molar-refractivity contribution in [3.8, 4) is 5.75 Å². The summed E-state index contributed by atoms with van der Waals surface area (Å²) in [6.45, 7) is 5.79. The highest BCUT2D eigenvalue weighted by Gasteiger charge is 2.09. The number of nitrogens with zero attached hydrogens (tertiary/aromatic N) is 1. The summed E-state index contributed by atoms with van der Waals surface area (Å²) in [5, 5.41) is 9.38. The fraction of sp³-hybridized carbons (Fsp3) is 0.429. The maximum absolute atomic E-state index is 12.2. The average Bonchev–Trinajstić information content (AvgIpc) is 3.22. The molecule has 1 aromatic heterocycles. The summed E-state index contributed by atoms with van der Waals surface area (Å²) in [5.41, 5.74) is 1.05. The van der Waals surface area contributed by atoms with Gasteiger partial charge in [0.05, 0.1) is 25.5 Å². The van der Waals surface area contributed by atoms with Crippen LogP contribution in [0.5, 0.6) is 5.75 Å². The molecule has 1 atom stereocenters. The fourth-order valence-electron chi connectivity index (χ4n) is 2.68. The molecule has 7 nitrogen and oxygen atoms in total. The molecule has 1 amide bonds. The second-order valence-corrected chi connectivity index (χ2v) is 6.33. The molecule has 29 heavy (non-hydrogen) atoms. The lowest BCUT2D eigenvalue weighted by molar-refractivity contribution is -0.121. The summed E-state index contributed by atoms with van der Waals surface area (Å²) >= 11 is 0. The van der Waals surface area contributed by atoms with Crippen LogP contribution in [0.4, 0.5) is 0 Å². The molecule has 2 rings (SSSR count). The van der Waals surface area contributed by atoms with Crippen molar-refractivity contribution in [2.45, 2.75) is 39.3 Å². The second-order valence-electron chi connectivity index (χ2n) is 6.33. The van der Waals surface area contributed by atoms with Crippen molar-refractivity contribution in [1.82, 2.24) is 16.0 Å². The first-order valence-electron chi connectivity index (χ1n) is 9.61. The Balaban J connectivity index is 0.00000420. The van der Waals surface area contributed by atoms with Gasteiger partial charge in [0.25, 0.3) is 0 Å². The average molecular weight is 514 g/mol. The van der Waals surface area contributed by atoms with Gasteiger partial charge in [0.1, 0.15) is 11.5 Å². The molecule has 1 unspecified atom stereocenters. The van der Waals surface area contributed by atoms with Crippen molar-refractivity contribution in [1.29, 1.82) is 0 Å². The summed E-state index contributed by atoms with van der Waals surface area (Å²) in [7, 11) is 1.71. The van der Waals surface area contributed by atoms with E-state index < -0.39 is 0 Å². The Labute approximate surface area is 189 Å². The van der Waals surface area contributed by atoms with E-state index in [2.05, 4.69) is 20.9 Å². The minimum Gasteiger partial charge on any atom is -0.494 e. The van der Waals surface area contributed by atoms with Crippen LogP contribution in [-0.2, 0) is 11.3 Å². The summed E-state index contributed by atoms with van der Waals surface area (Å²) < 4.78 is 10.7. The van der Waals surface area contributed by atoms with Gasteiger partial charge in [-0.25, -0.2) is 0 Å². The van der Waals surface area contributed by atoms with Crippen LogP contribution in [0.3, 0.4) is 0 Å². The number of aliphatic imine (C=N–C) groups is 1. The zero-order valence-electron chi connectivity index (χ0n) is 17.2. The van der Waals surface area contributed by atoms with E-state index in [0.717, 1.165) is 17.1 Å². The molecule has 0 saturated heterocycles. The summed E-state index contributed by atoms with van der Waals surface area (Å²) in [4.78, 5) is 16.3. The van der Waals surface area contributed by atoms with Gasteiger partial charge in [-0.1, -0.05) is 12.1 Å². The van der Waals surface area contributed by atoms with E-state index in [1.54, 1.807) is 13.3 Å². The predicted octanol–water partition coefficient (Wildman–Crippen LogP) is 3.62. The highest BCUT2D eigenvalue weighted by Crippen LogP contribution is 2.17. The molecule has 8 heteroatoms. The topological polar surface area (TPSA) is 87.9 Å². The minimum atomic E-state index is -0.0427. The first-order valence-corrected chi connectivity index (χ1v) is 9.61. The Hall–Kier alpha value is -2.23. The number of benzene rings is 1. The SMILES string of the molecule is CCOc1ccc(C(C)NC(=O)CCCNC(=NC)NCc2ccco2)cc1.I. The minimum absolute atomic E-state index is 0. The van der Waals surface area contributed by atoms with Crippen molar-refractivity contribution in [2.24, 2.45) is 4.99 Å². The Bertz CT molecular complexity index is 733. The lowest BCUT2D eigenvalue weighted by Crippen LogP contribution is -2.37. The number of hydrogen-bond donors (Lipinski definition) is 3. The molecule has 0 saturated carbocycles. The van der Waals surface area contributed by atoms with Crippen LogP contribution >= 0.6 is 24.0 Å². The molecule has 0 aliphatic carbocycles. The first-order chi connectivity index (χ1) is 13.6. The van der Waals surface area contributed by atoms with Gasteiger partial charge in [0.2, 0.25) is 5.91 Å². The van der Waals surface area contributed by atoms with Gasteiger partial charge in [0.15, 0.2) is 5.96 Å². The maximum Gasteiger partial charge on any atom is 0.220 e. The van der Waals surface area contributed by atoms with Crippen LogP contribution in [0, 0.1) is 0 Å². The number of amides is 1. The third-order valence-corrected chi connectivity index (χ3v) is 4.18. The number of halogens is 1. The molecule has 1 heterocycles. The molecular formula is C21H31IN4O3. The molecule has 0 spiro atoms. The van der Waals surface area contributed by atoms with Crippen molar-refractivity contribution in [3.63, 3.8) is 0 Å². The molecular weight excluding hydrogens is 483 g/mol. The molecule has 3 N–H and O–H groups in total. The largest absolute Gasteiger partial charge is 0.494 e. The Kier molecular flexibility index (Phi) is 11.9.